The van der Waals surface area contributed by atoms with E-state index in [1.54, 1.807) is 0 Å². The van der Waals surface area contributed by atoms with Gasteiger partial charge in [0.25, 0.3) is 0 Å². The molecule has 0 fully saturated rings. The number of allylic oxidation sites excluding steroid dienone is 2. The Morgan fingerprint density at radius 1 is 0.827 bits per heavy atom. The van der Waals surface area contributed by atoms with Gasteiger partial charge in [-0.3, -0.25) is 0 Å². The number of aromatic nitrogens is 2. The van der Waals surface area contributed by atoms with Crippen molar-refractivity contribution in [2.24, 2.45) is 14.1 Å². The van der Waals surface area contributed by atoms with Crippen LogP contribution in [0.4, 0.5) is 0 Å². The molecule has 2 heterocycles. The molecule has 2 atom stereocenters. The minimum atomic E-state index is -1.80. The summed E-state index contributed by atoms with van der Waals surface area (Å²) < 4.78 is 17.2. The van der Waals surface area contributed by atoms with Gasteiger partial charge in [0, 0.05) is 47.3 Å². The zero-order valence-corrected chi connectivity index (χ0v) is 36.2. The maximum atomic E-state index is 10.6. The van der Waals surface area contributed by atoms with Gasteiger partial charge in [0.05, 0.1) is 25.4 Å². The van der Waals surface area contributed by atoms with Crippen molar-refractivity contribution in [3.05, 3.63) is 95.3 Å². The zero-order valence-electron chi connectivity index (χ0n) is 34.2. The van der Waals surface area contributed by atoms with Crippen molar-refractivity contribution in [1.29, 1.82) is 0 Å². The minimum absolute atomic E-state index is 0.191. The molecule has 2 aromatic heterocycles. The summed E-state index contributed by atoms with van der Waals surface area (Å²) >= 11 is 0. The van der Waals surface area contributed by atoms with Crippen molar-refractivity contribution >= 4 is 50.6 Å². The van der Waals surface area contributed by atoms with E-state index in [0.717, 1.165) is 58.1 Å². The predicted octanol–water partition coefficient (Wildman–Crippen LogP) is 11.9. The van der Waals surface area contributed by atoms with Crippen LogP contribution in [0.2, 0.25) is 36.3 Å². The molecule has 6 nitrogen and oxygen atoms in total. The van der Waals surface area contributed by atoms with E-state index in [0.29, 0.717) is 19.6 Å². The second-order valence-electron chi connectivity index (χ2n) is 17.6. The highest BCUT2D eigenvalue weighted by Gasteiger charge is 2.38. The van der Waals surface area contributed by atoms with Crippen LogP contribution in [0.1, 0.15) is 113 Å². The van der Waals surface area contributed by atoms with Crippen LogP contribution in [0.5, 0.6) is 0 Å². The number of hydrogen-bond donors (Lipinski definition) is 2. The summed E-state index contributed by atoms with van der Waals surface area (Å²) in [5, 5.41) is 23.7. The second-order valence-corrected chi connectivity index (χ2v) is 27.3. The highest BCUT2D eigenvalue weighted by molar-refractivity contribution is 6.74. The lowest BCUT2D eigenvalue weighted by Gasteiger charge is -2.36. The van der Waals surface area contributed by atoms with E-state index in [9.17, 15) is 10.2 Å². The van der Waals surface area contributed by atoms with E-state index < -0.39 is 22.7 Å². The molecule has 0 spiro atoms. The van der Waals surface area contributed by atoms with Gasteiger partial charge in [0.2, 0.25) is 0 Å². The maximum absolute atomic E-state index is 10.6. The Bertz CT molecular complexity index is 1920. The number of aliphatic hydroxyl groups is 2. The van der Waals surface area contributed by atoms with Crippen molar-refractivity contribution < 1.29 is 19.1 Å². The third-order valence-electron chi connectivity index (χ3n) is 12.0. The quantitative estimate of drug-likeness (QED) is 0.119. The first-order valence-corrected chi connectivity index (χ1v) is 24.7. The van der Waals surface area contributed by atoms with E-state index in [1.807, 2.05) is 12.2 Å². The molecule has 8 heteroatoms. The van der Waals surface area contributed by atoms with Crippen molar-refractivity contribution in [2.75, 3.05) is 0 Å². The molecule has 0 bridgehead atoms. The van der Waals surface area contributed by atoms with Gasteiger partial charge < -0.3 is 28.2 Å². The summed E-state index contributed by atoms with van der Waals surface area (Å²) in [7, 11) is 0.617. The summed E-state index contributed by atoms with van der Waals surface area (Å²) in [6.07, 6.45) is 10.3. The van der Waals surface area contributed by atoms with Crippen LogP contribution >= 0.6 is 0 Å². The fourth-order valence-electron chi connectivity index (χ4n) is 6.12. The lowest BCUT2D eigenvalue weighted by molar-refractivity contribution is 0.168. The third-order valence-corrected chi connectivity index (χ3v) is 20.9. The van der Waals surface area contributed by atoms with Crippen molar-refractivity contribution in [2.45, 2.75) is 129 Å². The standard InChI is InChI=1S/C23H35NO2Si.C21H31NO2Si/c1-9-11-12-22(25)20-14-18-13-19(16-26-27(7,8)23(3,4)5)24(6)21(18)15-17(20)10-2;1-21(2,3)25(5,6)24-14-17-11-16-12-18-15(13-19(16)22(17)4)9-7-8-10-20(18)23/h9-10,13-15,22,25H,1-2,11-12,16H2,3-8H3;7,9,11-13,20,23H,8,10,14H2,1-6H3. The summed E-state index contributed by atoms with van der Waals surface area (Å²) in [4.78, 5) is 0. The monoisotopic (exact) mass is 742 g/mol. The normalized spacial score (nSPS) is 16.0. The first-order valence-electron chi connectivity index (χ1n) is 18.9. The summed E-state index contributed by atoms with van der Waals surface area (Å²) in [5.74, 6) is 0. The lowest BCUT2D eigenvalue weighted by atomic mass is 9.97. The van der Waals surface area contributed by atoms with Crippen LogP contribution in [0, 0.1) is 0 Å². The number of hydrogen-bond acceptors (Lipinski definition) is 4. The maximum Gasteiger partial charge on any atom is 0.192 e. The smallest absolute Gasteiger partial charge is 0.192 e. The molecule has 2 unspecified atom stereocenters. The van der Waals surface area contributed by atoms with Gasteiger partial charge >= 0.3 is 0 Å². The molecule has 284 valence electrons. The molecule has 5 rings (SSSR count). The first kappa shape index (κ1) is 41.8. The average Bonchev–Trinajstić information content (AvgIpc) is 3.47. The van der Waals surface area contributed by atoms with Crippen LogP contribution in [0.25, 0.3) is 34.0 Å². The fraction of sp³-hybridized carbons (Fsp3) is 0.500. The molecule has 2 N–H and O–H groups in total. The molecule has 2 aromatic carbocycles. The van der Waals surface area contributed by atoms with E-state index in [2.05, 4.69) is 153 Å². The lowest BCUT2D eigenvalue weighted by Crippen LogP contribution is -2.40. The Morgan fingerprint density at radius 2 is 1.35 bits per heavy atom. The molecule has 52 heavy (non-hydrogen) atoms. The van der Waals surface area contributed by atoms with E-state index >= 15 is 0 Å². The van der Waals surface area contributed by atoms with E-state index in [-0.39, 0.29) is 16.2 Å². The second kappa shape index (κ2) is 16.2. The van der Waals surface area contributed by atoms with E-state index in [4.69, 9.17) is 8.85 Å². The summed E-state index contributed by atoms with van der Waals surface area (Å²) in [5.41, 5.74) is 8.78. The third kappa shape index (κ3) is 9.20. The first-order chi connectivity index (χ1) is 24.1. The number of aliphatic hydroxyl groups excluding tert-OH is 2. The number of aryl methyl sites for hydroxylation is 2. The zero-order chi connectivity index (χ0) is 38.8. The number of rotatable bonds is 11. The molecule has 0 saturated heterocycles. The largest absolute Gasteiger partial charge is 0.411 e. The molecule has 0 saturated carbocycles. The van der Waals surface area contributed by atoms with Gasteiger partial charge in [-0.2, -0.15) is 0 Å². The average molecular weight is 743 g/mol. The predicted molar refractivity (Wildman–Crippen MR) is 228 cm³/mol. The fourth-order valence-corrected chi connectivity index (χ4v) is 8.00. The summed E-state index contributed by atoms with van der Waals surface area (Å²) in [6.45, 7) is 31.7. The molecule has 4 aromatic rings. The van der Waals surface area contributed by atoms with Crippen LogP contribution in [-0.4, -0.2) is 36.0 Å². The number of benzene rings is 2. The SMILES string of the molecule is C=CCCC(O)c1cc2cc(CO[Si](C)(C)C(C)(C)C)n(C)c2cc1C=C.Cn1c(CO[Si](C)(C)C(C)(C)C)cc2cc3c(cc21)C=CCCC3O. The Morgan fingerprint density at radius 3 is 1.85 bits per heavy atom. The molecule has 0 aliphatic heterocycles. The van der Waals surface area contributed by atoms with Gasteiger partial charge in [0.1, 0.15) is 0 Å². The minimum Gasteiger partial charge on any atom is -0.411 e. The van der Waals surface area contributed by atoms with Crippen LogP contribution in [0.3, 0.4) is 0 Å². The van der Waals surface area contributed by atoms with Crippen molar-refractivity contribution in [3.8, 4) is 0 Å². The Kier molecular flexibility index (Phi) is 13.0. The topological polar surface area (TPSA) is 68.8 Å². The van der Waals surface area contributed by atoms with Gasteiger partial charge in [-0.15, -0.1) is 6.58 Å². The van der Waals surface area contributed by atoms with Crippen LogP contribution < -0.4 is 0 Å². The summed E-state index contributed by atoms with van der Waals surface area (Å²) in [6, 6.07) is 13.0. The molecule has 1 aliphatic rings. The highest BCUT2D eigenvalue weighted by atomic mass is 28.4. The Hall–Kier alpha value is -2.99. The molecule has 0 radical (unpaired) electrons. The molecule has 0 amide bonds. The molecular weight excluding hydrogens is 677 g/mol. The van der Waals surface area contributed by atoms with Crippen molar-refractivity contribution in [1.82, 2.24) is 9.13 Å². The number of nitrogens with zero attached hydrogens (tertiary/aromatic N) is 2. The van der Waals surface area contributed by atoms with Gasteiger partial charge in [0.15, 0.2) is 16.6 Å². The molecular formula is C44H66N2O4Si2. The van der Waals surface area contributed by atoms with Gasteiger partial charge in [-0.25, -0.2) is 0 Å². The Balaban J connectivity index is 0.000000233. The highest BCUT2D eigenvalue weighted by Crippen LogP contribution is 2.39. The Labute approximate surface area is 316 Å². The van der Waals surface area contributed by atoms with Crippen molar-refractivity contribution in [3.63, 3.8) is 0 Å². The number of fused-ring (bicyclic) bond motifs is 3. The van der Waals surface area contributed by atoms with Gasteiger partial charge in [-0.05, 0) is 121 Å². The van der Waals surface area contributed by atoms with Crippen LogP contribution in [0.15, 0.2) is 61.7 Å². The van der Waals surface area contributed by atoms with E-state index in [1.165, 1.54) is 16.6 Å². The van der Waals surface area contributed by atoms with Crippen LogP contribution in [-0.2, 0) is 36.2 Å². The van der Waals surface area contributed by atoms with Gasteiger partial charge in [-0.1, -0.05) is 72.4 Å². The molecule has 1 aliphatic carbocycles.